The molecule has 0 aliphatic rings. The van der Waals surface area contributed by atoms with E-state index in [0.29, 0.717) is 4.55 Å². The molecule has 0 heterocycles. The molecule has 0 fully saturated rings. The van der Waals surface area contributed by atoms with Crippen molar-refractivity contribution in [1.82, 2.24) is 3.53 Å². The van der Waals surface area contributed by atoms with Crippen molar-refractivity contribution in [2.24, 2.45) is 9.68 Å². The molecule has 0 aliphatic carbocycles. The van der Waals surface area contributed by atoms with Gasteiger partial charge < -0.3 is 0 Å². The van der Waals surface area contributed by atoms with Crippen molar-refractivity contribution in [3.8, 4) is 0 Å². The van der Waals surface area contributed by atoms with Crippen LogP contribution in [0.5, 0.6) is 0 Å². The Labute approximate surface area is 49.0 Å². The number of hydrogen-bond acceptors (Lipinski definition) is 3. The van der Waals surface area contributed by atoms with Crippen LogP contribution in [0.2, 0.25) is 0 Å². The molecule has 0 bridgehead atoms. The van der Waals surface area contributed by atoms with Crippen LogP contribution in [-0.4, -0.2) is 16.5 Å². The van der Waals surface area contributed by atoms with Crippen LogP contribution >= 0.6 is 0 Å². The molecule has 0 aromatic carbocycles. The molecule has 3 nitrogen and oxygen atoms in total. The van der Waals surface area contributed by atoms with Gasteiger partial charge in [-0.15, -0.1) is 0 Å². The van der Waals surface area contributed by atoms with E-state index in [-0.39, 0.29) is 0 Å². The molecule has 0 aromatic heterocycles. The van der Waals surface area contributed by atoms with Gasteiger partial charge in [0.1, 0.15) is 0 Å². The quantitative estimate of drug-likeness (QED) is 0.190. The molecule has 0 spiro atoms. The van der Waals surface area contributed by atoms with Gasteiger partial charge in [0, 0.05) is 0 Å². The average molecular weight is 218 g/mol. The van der Waals surface area contributed by atoms with Gasteiger partial charge in [0.05, 0.1) is 0 Å². The second kappa shape index (κ2) is 2.81. The summed E-state index contributed by atoms with van der Waals surface area (Å²) in [5.74, 6) is 0. The molecular formula is C3H13IN3-. The molecule has 7 heavy (non-hydrogen) atoms. The van der Waals surface area contributed by atoms with Gasteiger partial charge in [-0.05, 0) is 0 Å². The van der Waals surface area contributed by atoms with Gasteiger partial charge in [-0.25, -0.2) is 0 Å². The van der Waals surface area contributed by atoms with Gasteiger partial charge in [0.2, 0.25) is 0 Å². The second-order valence-corrected chi connectivity index (χ2v) is 9.49. The molecule has 5 N–H and O–H groups in total. The van der Waals surface area contributed by atoms with Gasteiger partial charge >= 0.3 is 48.7 Å². The molecule has 0 saturated carbocycles. The van der Waals surface area contributed by atoms with E-state index < -0.39 is 19.0 Å². The van der Waals surface area contributed by atoms with Gasteiger partial charge in [-0.3, -0.25) is 0 Å². The van der Waals surface area contributed by atoms with E-state index in [2.05, 4.69) is 3.53 Å². The Morgan fingerprint density at radius 2 is 2.14 bits per heavy atom. The Kier molecular flexibility index (Phi) is 3.05. The molecule has 0 radical (unpaired) electrons. The van der Waals surface area contributed by atoms with E-state index in [4.69, 9.17) is 9.68 Å². The van der Waals surface area contributed by atoms with Gasteiger partial charge in [-0.2, -0.15) is 0 Å². The van der Waals surface area contributed by atoms with Crippen molar-refractivity contribution in [2.75, 3.05) is 16.5 Å². The van der Waals surface area contributed by atoms with E-state index in [1.807, 2.05) is 12.0 Å². The zero-order valence-electron chi connectivity index (χ0n) is 4.74. The third kappa shape index (κ3) is 3.22. The van der Waals surface area contributed by atoms with Crippen molar-refractivity contribution in [3.05, 3.63) is 0 Å². The minimum atomic E-state index is -1.99. The first-order valence-electron chi connectivity index (χ1n) is 1.96. The molecule has 4 heteroatoms. The first-order valence-corrected chi connectivity index (χ1v) is 7.97. The summed E-state index contributed by atoms with van der Waals surface area (Å²) in [4.78, 5) is 2.02. The van der Waals surface area contributed by atoms with Crippen LogP contribution in [0.25, 0.3) is 0 Å². The number of nitrogens with one attached hydrogen (secondary N) is 1. The molecular weight excluding hydrogens is 205 g/mol. The molecule has 0 saturated heterocycles. The summed E-state index contributed by atoms with van der Waals surface area (Å²) >= 11 is -1.99. The summed E-state index contributed by atoms with van der Waals surface area (Å²) < 4.78 is 9.32. The number of hydrogen-bond donors (Lipinski definition) is 3. The Balaban J connectivity index is 3.36. The zero-order chi connectivity index (χ0) is 5.91. The molecule has 1 unspecified atom stereocenters. The third-order valence-electron chi connectivity index (χ3n) is 0.752. The van der Waals surface area contributed by atoms with E-state index in [0.717, 1.165) is 0 Å². The van der Waals surface area contributed by atoms with Crippen molar-refractivity contribution >= 4 is 0 Å². The van der Waals surface area contributed by atoms with Crippen LogP contribution < -0.4 is 32.2 Å². The monoisotopic (exact) mass is 218 g/mol. The first kappa shape index (κ1) is 7.61. The van der Waals surface area contributed by atoms with Crippen LogP contribution in [0.3, 0.4) is 0 Å². The van der Waals surface area contributed by atoms with E-state index in [1.54, 1.807) is 0 Å². The Bertz CT molecular complexity index is 48.1. The van der Waals surface area contributed by atoms with Crippen molar-refractivity contribution in [1.29, 1.82) is 0 Å². The first-order chi connectivity index (χ1) is 3.12. The Morgan fingerprint density at radius 1 is 1.71 bits per heavy atom. The van der Waals surface area contributed by atoms with Crippen molar-refractivity contribution < 1.29 is 19.0 Å². The van der Waals surface area contributed by atoms with E-state index in [9.17, 15) is 0 Å². The standard InChI is InChI=1S/C3H13IN3/c1-4(6,3-5)7-2/h7H,3,5-6H2,1-2H3/q-1. The van der Waals surface area contributed by atoms with Crippen LogP contribution in [0.15, 0.2) is 0 Å². The Morgan fingerprint density at radius 3 is 2.14 bits per heavy atom. The summed E-state index contributed by atoms with van der Waals surface area (Å²) in [5, 5.41) is 0. The third-order valence-corrected chi connectivity index (χ3v) is 5.05. The molecule has 0 aromatic rings. The number of halogens is 1. The maximum atomic E-state index is 5.66. The SMILES string of the molecule is CN[I-](C)(N)CN. The van der Waals surface area contributed by atoms with Gasteiger partial charge in [0.25, 0.3) is 0 Å². The van der Waals surface area contributed by atoms with E-state index >= 15 is 0 Å². The summed E-state index contributed by atoms with van der Waals surface area (Å²) in [5.41, 5.74) is 5.31. The van der Waals surface area contributed by atoms with Crippen molar-refractivity contribution in [3.63, 3.8) is 0 Å². The van der Waals surface area contributed by atoms with Crippen LogP contribution in [0.4, 0.5) is 0 Å². The normalized spacial score (nSPS) is 23.4. The number of alkyl halides is 2. The fourth-order valence-electron chi connectivity index (χ4n) is 0.0772. The maximum absolute atomic E-state index is 5.66. The summed E-state index contributed by atoms with van der Waals surface area (Å²) in [6, 6.07) is 0. The van der Waals surface area contributed by atoms with Crippen LogP contribution in [0, 0.1) is 0 Å². The predicted octanol–water partition coefficient (Wildman–Crippen LogP) is -4.30. The molecule has 0 aliphatic heterocycles. The molecule has 48 valence electrons. The summed E-state index contributed by atoms with van der Waals surface area (Å²) in [6.07, 6.45) is 0. The van der Waals surface area contributed by atoms with Crippen LogP contribution in [0.1, 0.15) is 0 Å². The zero-order valence-corrected chi connectivity index (χ0v) is 6.90. The van der Waals surface area contributed by atoms with Crippen LogP contribution in [-0.2, 0) is 0 Å². The summed E-state index contributed by atoms with van der Waals surface area (Å²) in [7, 11) is 1.86. The molecule has 0 rings (SSSR count). The summed E-state index contributed by atoms with van der Waals surface area (Å²) in [6.45, 7) is 0. The van der Waals surface area contributed by atoms with Gasteiger partial charge in [-0.1, -0.05) is 0 Å². The minimum absolute atomic E-state index is 0.642. The van der Waals surface area contributed by atoms with Gasteiger partial charge in [0.15, 0.2) is 0 Å². The second-order valence-electron chi connectivity index (χ2n) is 1.41. The molecule has 1 atom stereocenters. The fourth-order valence-corrected chi connectivity index (χ4v) is 0.518. The number of rotatable bonds is 2. The fraction of sp³-hybridized carbons (Fsp3) is 1.00. The van der Waals surface area contributed by atoms with E-state index in [1.165, 1.54) is 0 Å². The molecule has 0 amide bonds. The Hall–Kier alpha value is 0.610. The topological polar surface area (TPSA) is 64.1 Å². The average Bonchev–Trinajstić information content (AvgIpc) is 1.68. The predicted molar refractivity (Wildman–Crippen MR) is 28.2 cm³/mol. The number of nitrogens with two attached hydrogens (primary N) is 2. The van der Waals surface area contributed by atoms with Crippen molar-refractivity contribution in [2.45, 2.75) is 0 Å².